The van der Waals surface area contributed by atoms with Gasteiger partial charge in [-0.3, -0.25) is 4.79 Å². The quantitative estimate of drug-likeness (QED) is 0.747. The van der Waals surface area contributed by atoms with E-state index in [1.165, 1.54) is 0 Å². The van der Waals surface area contributed by atoms with Crippen molar-refractivity contribution in [3.8, 4) is 22.8 Å². The molecule has 1 aliphatic rings. The number of amides is 1. The Morgan fingerprint density at radius 2 is 1.93 bits per heavy atom. The largest absolute Gasteiger partial charge is 0.496 e. The molecule has 1 aromatic carbocycles. The molecule has 7 heteroatoms. The fourth-order valence-corrected chi connectivity index (χ4v) is 3.30. The van der Waals surface area contributed by atoms with Crippen LogP contribution in [0.2, 0.25) is 0 Å². The van der Waals surface area contributed by atoms with E-state index in [1.807, 2.05) is 35.9 Å². The molecular formula is C20H20FN3O3. The van der Waals surface area contributed by atoms with Gasteiger partial charge in [-0.1, -0.05) is 6.07 Å². The number of aromatic nitrogens is 2. The maximum Gasteiger partial charge on any atom is 0.231 e. The van der Waals surface area contributed by atoms with Crippen LogP contribution in [0, 0.1) is 5.92 Å². The van der Waals surface area contributed by atoms with E-state index in [2.05, 4.69) is 10.3 Å². The van der Waals surface area contributed by atoms with Crippen LogP contribution in [0.3, 0.4) is 0 Å². The lowest BCUT2D eigenvalue weighted by atomic mass is 10.1. The van der Waals surface area contributed by atoms with E-state index < -0.39 is 12.1 Å². The molecule has 2 aromatic heterocycles. The highest BCUT2D eigenvalue weighted by Gasteiger charge is 2.43. The summed E-state index contributed by atoms with van der Waals surface area (Å²) in [6, 6.07) is 9.40. The predicted octanol–water partition coefficient (Wildman–Crippen LogP) is 3.55. The maximum absolute atomic E-state index is 13.1. The number of methoxy groups -OCH3 is 2. The number of alkyl halides is 1. The van der Waals surface area contributed by atoms with Gasteiger partial charge in [0.05, 0.1) is 43.1 Å². The number of rotatable bonds is 5. The number of fused-ring (bicyclic) bond motifs is 1. The molecule has 1 aliphatic carbocycles. The lowest BCUT2D eigenvalue weighted by molar-refractivity contribution is -0.117. The molecular weight excluding hydrogens is 349 g/mol. The number of nitrogens with zero attached hydrogens (tertiary/aromatic N) is 2. The third-order valence-electron chi connectivity index (χ3n) is 4.91. The second kappa shape index (κ2) is 6.57. The van der Waals surface area contributed by atoms with Crippen LogP contribution in [-0.4, -0.2) is 35.8 Å². The Hall–Kier alpha value is -3.09. The smallest absolute Gasteiger partial charge is 0.231 e. The first-order chi connectivity index (χ1) is 13.0. The van der Waals surface area contributed by atoms with Gasteiger partial charge in [0.2, 0.25) is 5.91 Å². The van der Waals surface area contributed by atoms with Gasteiger partial charge in [-0.25, -0.2) is 9.37 Å². The minimum Gasteiger partial charge on any atom is -0.496 e. The number of benzene rings is 1. The molecule has 2 atom stereocenters. The normalized spacial score (nSPS) is 18.4. The molecule has 1 fully saturated rings. The molecule has 140 valence electrons. The zero-order chi connectivity index (χ0) is 19.1. The first-order valence-electron chi connectivity index (χ1n) is 8.65. The van der Waals surface area contributed by atoms with Crippen molar-refractivity contribution < 1.29 is 18.7 Å². The van der Waals surface area contributed by atoms with E-state index in [-0.39, 0.29) is 12.3 Å². The van der Waals surface area contributed by atoms with Gasteiger partial charge < -0.3 is 19.4 Å². The number of halogens is 1. The number of anilines is 1. The van der Waals surface area contributed by atoms with Crippen LogP contribution in [0.5, 0.6) is 11.5 Å². The van der Waals surface area contributed by atoms with Gasteiger partial charge in [0.1, 0.15) is 23.5 Å². The summed E-state index contributed by atoms with van der Waals surface area (Å²) in [5.74, 6) is 0.938. The second-order valence-corrected chi connectivity index (χ2v) is 6.60. The number of hydrogen-bond donors (Lipinski definition) is 1. The van der Waals surface area contributed by atoms with Gasteiger partial charge in [0, 0.05) is 12.4 Å². The number of ether oxygens (including phenoxy) is 2. The van der Waals surface area contributed by atoms with Crippen molar-refractivity contribution in [2.24, 2.45) is 13.0 Å². The van der Waals surface area contributed by atoms with E-state index in [0.717, 1.165) is 22.2 Å². The molecule has 1 unspecified atom stereocenters. The van der Waals surface area contributed by atoms with Crippen molar-refractivity contribution in [3.63, 3.8) is 0 Å². The summed E-state index contributed by atoms with van der Waals surface area (Å²) in [7, 11) is 5.17. The van der Waals surface area contributed by atoms with Crippen molar-refractivity contribution in [2.45, 2.75) is 12.6 Å². The average molecular weight is 369 g/mol. The van der Waals surface area contributed by atoms with Crippen LogP contribution in [0.25, 0.3) is 22.2 Å². The molecule has 3 aromatic rings. The Morgan fingerprint density at radius 3 is 2.52 bits per heavy atom. The number of carbonyl (C=O) groups is 1. The first-order valence-corrected chi connectivity index (χ1v) is 8.65. The monoisotopic (exact) mass is 369 g/mol. The zero-order valence-electron chi connectivity index (χ0n) is 15.3. The lowest BCUT2D eigenvalue weighted by Crippen LogP contribution is -2.15. The third kappa shape index (κ3) is 2.99. The molecule has 1 N–H and O–H groups in total. The molecule has 0 saturated heterocycles. The van der Waals surface area contributed by atoms with Crippen molar-refractivity contribution in [1.29, 1.82) is 0 Å². The standard InChI is InChI=1S/C20H20FN3O3/c1-24-14(19-16(26-2)5-4-6-17(19)27-3)7-11-8-18(22-10-15(11)24)23-20(25)12-9-13(12)21/h4-8,10,12-13H,9H2,1-3H3,(H,22,23,25)/t12?,13-/m0/s1. The highest BCUT2D eigenvalue weighted by atomic mass is 19.1. The van der Waals surface area contributed by atoms with Crippen molar-refractivity contribution in [1.82, 2.24) is 9.55 Å². The topological polar surface area (TPSA) is 65.4 Å². The molecule has 2 heterocycles. The van der Waals surface area contributed by atoms with Gasteiger partial charge in [0.25, 0.3) is 0 Å². The van der Waals surface area contributed by atoms with Gasteiger partial charge in [-0.15, -0.1) is 0 Å². The predicted molar refractivity (Wildman–Crippen MR) is 101 cm³/mol. The van der Waals surface area contributed by atoms with Crippen molar-refractivity contribution in [3.05, 3.63) is 36.5 Å². The number of hydrogen-bond acceptors (Lipinski definition) is 4. The summed E-state index contributed by atoms with van der Waals surface area (Å²) >= 11 is 0. The van der Waals surface area contributed by atoms with E-state index in [1.54, 1.807) is 26.5 Å². The van der Waals surface area contributed by atoms with Crippen LogP contribution in [0.1, 0.15) is 6.42 Å². The molecule has 0 spiro atoms. The molecule has 4 rings (SSSR count). The lowest BCUT2D eigenvalue weighted by Gasteiger charge is -2.13. The van der Waals surface area contributed by atoms with E-state index >= 15 is 0 Å². The summed E-state index contributed by atoms with van der Waals surface area (Å²) in [5.41, 5.74) is 2.63. The minimum atomic E-state index is -1.03. The van der Waals surface area contributed by atoms with Gasteiger partial charge >= 0.3 is 0 Å². The summed E-state index contributed by atoms with van der Waals surface area (Å²) in [6.45, 7) is 0. The van der Waals surface area contributed by atoms with E-state index in [4.69, 9.17) is 9.47 Å². The minimum absolute atomic E-state index is 0.289. The van der Waals surface area contributed by atoms with Crippen LogP contribution in [-0.2, 0) is 11.8 Å². The molecule has 0 aliphatic heterocycles. The number of aryl methyl sites for hydroxylation is 1. The molecule has 27 heavy (non-hydrogen) atoms. The van der Waals surface area contributed by atoms with Crippen LogP contribution in [0.4, 0.5) is 10.2 Å². The Morgan fingerprint density at radius 1 is 1.26 bits per heavy atom. The fourth-order valence-electron chi connectivity index (χ4n) is 3.30. The van der Waals surface area contributed by atoms with Crippen molar-refractivity contribution >= 4 is 22.6 Å². The average Bonchev–Trinajstić information content (AvgIpc) is 3.33. The molecule has 1 saturated carbocycles. The maximum atomic E-state index is 13.1. The van der Waals surface area contributed by atoms with Gasteiger partial charge in [-0.05, 0) is 30.7 Å². The third-order valence-corrected chi connectivity index (χ3v) is 4.91. The SMILES string of the molecule is COc1cccc(OC)c1-c1cc2cc(NC(=O)C3C[C@@H]3F)ncc2n1C. The molecule has 0 bridgehead atoms. The number of pyridine rings is 1. The fraction of sp³-hybridized carbons (Fsp3) is 0.300. The molecule has 0 radical (unpaired) electrons. The van der Waals surface area contributed by atoms with Crippen LogP contribution in [0.15, 0.2) is 36.5 Å². The Kier molecular flexibility index (Phi) is 4.22. The summed E-state index contributed by atoms with van der Waals surface area (Å²) in [6.07, 6.45) is 0.947. The highest BCUT2D eigenvalue weighted by Crippen LogP contribution is 2.40. The first kappa shape index (κ1) is 17.3. The van der Waals surface area contributed by atoms with E-state index in [9.17, 15) is 9.18 Å². The zero-order valence-corrected chi connectivity index (χ0v) is 15.3. The summed E-state index contributed by atoms with van der Waals surface area (Å²) < 4.78 is 26.1. The Bertz CT molecular complexity index is 1010. The summed E-state index contributed by atoms with van der Waals surface area (Å²) in [4.78, 5) is 16.2. The Labute approximate surface area is 155 Å². The second-order valence-electron chi connectivity index (χ2n) is 6.60. The van der Waals surface area contributed by atoms with Gasteiger partial charge in [0.15, 0.2) is 0 Å². The molecule has 1 amide bonds. The highest BCUT2D eigenvalue weighted by molar-refractivity contribution is 5.97. The Balaban J connectivity index is 1.75. The molecule has 6 nitrogen and oxygen atoms in total. The van der Waals surface area contributed by atoms with Crippen molar-refractivity contribution in [2.75, 3.05) is 19.5 Å². The van der Waals surface area contributed by atoms with Crippen LogP contribution >= 0.6 is 0 Å². The van der Waals surface area contributed by atoms with Gasteiger partial charge in [-0.2, -0.15) is 0 Å². The number of nitrogens with one attached hydrogen (secondary N) is 1. The number of carbonyl (C=O) groups excluding carboxylic acids is 1. The van der Waals surface area contributed by atoms with Crippen LogP contribution < -0.4 is 14.8 Å². The van der Waals surface area contributed by atoms with E-state index in [0.29, 0.717) is 17.3 Å². The summed E-state index contributed by atoms with van der Waals surface area (Å²) in [5, 5.41) is 3.59.